The molecule has 0 aliphatic rings. The number of pyridine rings is 1. The van der Waals surface area contributed by atoms with Crippen molar-refractivity contribution < 1.29 is 18.3 Å². The third-order valence-electron chi connectivity index (χ3n) is 1.44. The highest BCUT2D eigenvalue weighted by Crippen LogP contribution is 2.29. The topological polar surface area (TPSA) is 59.1 Å². The molecule has 0 aliphatic carbocycles. The van der Waals surface area contributed by atoms with E-state index < -0.39 is 12.2 Å². The first-order chi connectivity index (χ1) is 5.91. The molecule has 0 fully saturated rings. The average Bonchev–Trinajstić information content (AvgIpc) is 2.03. The van der Waals surface area contributed by atoms with Crippen molar-refractivity contribution in [3.63, 3.8) is 0 Å². The second-order valence-corrected chi connectivity index (χ2v) is 2.46. The first-order valence-electron chi connectivity index (χ1n) is 3.38. The van der Waals surface area contributed by atoms with Crippen LogP contribution in [-0.2, 0) is 0 Å². The Morgan fingerprint density at radius 2 is 2.00 bits per heavy atom. The molecule has 6 heteroatoms. The minimum Gasteiger partial charge on any atom is -0.506 e. The lowest BCUT2D eigenvalue weighted by Gasteiger charge is -2.14. The zero-order valence-electron chi connectivity index (χ0n) is 6.42. The number of alkyl halides is 3. The molecule has 13 heavy (non-hydrogen) atoms. The van der Waals surface area contributed by atoms with Crippen LogP contribution in [0.15, 0.2) is 18.3 Å². The average molecular weight is 192 g/mol. The van der Waals surface area contributed by atoms with Gasteiger partial charge in [0.15, 0.2) is 0 Å². The normalized spacial score (nSPS) is 14.2. The Morgan fingerprint density at radius 1 is 1.38 bits per heavy atom. The van der Waals surface area contributed by atoms with Crippen LogP contribution in [0, 0.1) is 0 Å². The van der Waals surface area contributed by atoms with Crippen LogP contribution >= 0.6 is 0 Å². The van der Waals surface area contributed by atoms with Crippen molar-refractivity contribution in [2.75, 3.05) is 0 Å². The van der Waals surface area contributed by atoms with E-state index in [1.165, 1.54) is 0 Å². The predicted molar refractivity (Wildman–Crippen MR) is 38.9 cm³/mol. The molecule has 0 unspecified atom stereocenters. The Bertz CT molecular complexity index is 283. The molecule has 0 radical (unpaired) electrons. The second kappa shape index (κ2) is 3.21. The molecule has 1 heterocycles. The van der Waals surface area contributed by atoms with Crippen LogP contribution in [-0.4, -0.2) is 16.3 Å². The van der Waals surface area contributed by atoms with Crippen LogP contribution in [0.2, 0.25) is 0 Å². The van der Waals surface area contributed by atoms with Crippen LogP contribution in [0.1, 0.15) is 11.7 Å². The monoisotopic (exact) mass is 192 g/mol. The quantitative estimate of drug-likeness (QED) is 0.706. The van der Waals surface area contributed by atoms with E-state index in [9.17, 15) is 13.2 Å². The minimum atomic E-state index is -4.51. The van der Waals surface area contributed by atoms with Crippen molar-refractivity contribution in [2.45, 2.75) is 12.2 Å². The van der Waals surface area contributed by atoms with Gasteiger partial charge in [0.1, 0.15) is 11.8 Å². The Labute approximate surface area is 72.0 Å². The van der Waals surface area contributed by atoms with Crippen LogP contribution in [0.4, 0.5) is 13.2 Å². The minimum absolute atomic E-state index is 0.196. The summed E-state index contributed by atoms with van der Waals surface area (Å²) in [5.41, 5.74) is 4.54. The van der Waals surface area contributed by atoms with Gasteiger partial charge in [0.25, 0.3) is 0 Å². The molecular weight excluding hydrogens is 185 g/mol. The van der Waals surface area contributed by atoms with Crippen LogP contribution in [0.3, 0.4) is 0 Å². The van der Waals surface area contributed by atoms with Gasteiger partial charge in [0, 0.05) is 0 Å². The van der Waals surface area contributed by atoms with E-state index in [4.69, 9.17) is 10.8 Å². The van der Waals surface area contributed by atoms with Crippen molar-refractivity contribution in [3.05, 3.63) is 24.0 Å². The van der Waals surface area contributed by atoms with Crippen LogP contribution in [0.25, 0.3) is 0 Å². The van der Waals surface area contributed by atoms with E-state index >= 15 is 0 Å². The van der Waals surface area contributed by atoms with Crippen molar-refractivity contribution in [3.8, 4) is 5.75 Å². The van der Waals surface area contributed by atoms with Gasteiger partial charge in [0.05, 0.1) is 11.9 Å². The highest BCUT2D eigenvalue weighted by molar-refractivity contribution is 5.20. The molecule has 0 amide bonds. The number of halogens is 3. The van der Waals surface area contributed by atoms with E-state index in [1.807, 2.05) is 0 Å². The van der Waals surface area contributed by atoms with E-state index in [0.29, 0.717) is 0 Å². The second-order valence-electron chi connectivity index (χ2n) is 2.46. The molecule has 72 valence electrons. The summed E-state index contributed by atoms with van der Waals surface area (Å²) in [6, 6.07) is 0.0367. The van der Waals surface area contributed by atoms with Gasteiger partial charge >= 0.3 is 6.18 Å². The van der Waals surface area contributed by atoms with E-state index in [-0.39, 0.29) is 11.4 Å². The van der Waals surface area contributed by atoms with Gasteiger partial charge in [-0.05, 0) is 12.1 Å². The van der Waals surface area contributed by atoms with Gasteiger partial charge in [-0.15, -0.1) is 0 Å². The maximum absolute atomic E-state index is 12.0. The van der Waals surface area contributed by atoms with Crippen molar-refractivity contribution in [1.29, 1.82) is 0 Å². The molecule has 0 aliphatic heterocycles. The summed E-state index contributed by atoms with van der Waals surface area (Å²) in [6.45, 7) is 0. The highest BCUT2D eigenvalue weighted by Gasteiger charge is 2.38. The predicted octanol–water partition coefficient (Wildman–Crippen LogP) is 1.35. The number of hydrogen-bond donors (Lipinski definition) is 2. The summed E-state index contributed by atoms with van der Waals surface area (Å²) in [5.74, 6) is -0.196. The molecule has 3 nitrogen and oxygen atoms in total. The number of nitrogens with two attached hydrogens (primary N) is 1. The summed E-state index contributed by atoms with van der Waals surface area (Å²) in [4.78, 5) is 3.35. The molecule has 0 saturated heterocycles. The molecule has 0 saturated carbocycles. The lowest BCUT2D eigenvalue weighted by Crippen LogP contribution is -2.29. The van der Waals surface area contributed by atoms with E-state index in [2.05, 4.69) is 4.98 Å². The first kappa shape index (κ1) is 9.79. The molecule has 0 spiro atoms. The number of hydrogen-bond acceptors (Lipinski definition) is 3. The van der Waals surface area contributed by atoms with Crippen molar-refractivity contribution in [2.24, 2.45) is 5.73 Å². The fourth-order valence-electron chi connectivity index (χ4n) is 0.749. The smallest absolute Gasteiger partial charge is 0.409 e. The molecule has 3 N–H and O–H groups in total. The summed E-state index contributed by atoms with van der Waals surface area (Å²) in [6.07, 6.45) is -3.59. The Balaban J connectivity index is 2.90. The van der Waals surface area contributed by atoms with Gasteiger partial charge < -0.3 is 10.8 Å². The van der Waals surface area contributed by atoms with Crippen molar-refractivity contribution in [1.82, 2.24) is 4.98 Å². The van der Waals surface area contributed by atoms with Gasteiger partial charge in [-0.2, -0.15) is 13.2 Å². The van der Waals surface area contributed by atoms with Gasteiger partial charge in [-0.3, -0.25) is 4.98 Å². The van der Waals surface area contributed by atoms with Crippen LogP contribution in [0.5, 0.6) is 5.75 Å². The zero-order valence-corrected chi connectivity index (χ0v) is 6.42. The largest absolute Gasteiger partial charge is 0.506 e. The number of rotatable bonds is 1. The molecule has 1 aromatic rings. The van der Waals surface area contributed by atoms with Crippen molar-refractivity contribution >= 4 is 0 Å². The maximum Gasteiger partial charge on any atom is 0.409 e. The molecular formula is C7H7F3N2O. The standard InChI is InChI=1S/C7H7F3N2O/c8-7(9,10)6(11)5-2-1-4(13)3-12-5/h1-3,6,13H,11H2/t6-/m0/s1. The van der Waals surface area contributed by atoms with E-state index in [0.717, 1.165) is 18.3 Å². The fourth-order valence-corrected chi connectivity index (χ4v) is 0.749. The van der Waals surface area contributed by atoms with Gasteiger partial charge in [-0.25, -0.2) is 0 Å². The van der Waals surface area contributed by atoms with E-state index in [1.54, 1.807) is 0 Å². The molecule has 0 aromatic carbocycles. The molecule has 1 rings (SSSR count). The fraction of sp³-hybridized carbons (Fsp3) is 0.286. The summed E-state index contributed by atoms with van der Waals surface area (Å²) >= 11 is 0. The summed E-state index contributed by atoms with van der Waals surface area (Å²) in [5, 5.41) is 8.76. The molecule has 0 bridgehead atoms. The number of aromatic nitrogens is 1. The first-order valence-corrected chi connectivity index (χ1v) is 3.38. The Hall–Kier alpha value is -1.30. The molecule has 1 aromatic heterocycles. The Morgan fingerprint density at radius 3 is 2.38 bits per heavy atom. The Kier molecular flexibility index (Phi) is 2.42. The van der Waals surface area contributed by atoms with Gasteiger partial charge in [-0.1, -0.05) is 0 Å². The SMILES string of the molecule is N[C@@H](c1ccc(O)cn1)C(F)(F)F. The number of nitrogens with zero attached hydrogens (tertiary/aromatic N) is 1. The summed E-state index contributed by atoms with van der Waals surface area (Å²) < 4.78 is 36.0. The summed E-state index contributed by atoms with van der Waals surface area (Å²) in [7, 11) is 0. The molecule has 1 atom stereocenters. The lowest BCUT2D eigenvalue weighted by atomic mass is 10.2. The van der Waals surface area contributed by atoms with Crippen LogP contribution < -0.4 is 5.73 Å². The third-order valence-corrected chi connectivity index (χ3v) is 1.44. The van der Waals surface area contributed by atoms with Gasteiger partial charge in [0.2, 0.25) is 0 Å². The number of aromatic hydroxyl groups is 1. The lowest BCUT2D eigenvalue weighted by molar-refractivity contribution is -0.150. The zero-order chi connectivity index (χ0) is 10.1. The maximum atomic E-state index is 12.0. The highest BCUT2D eigenvalue weighted by atomic mass is 19.4. The third kappa shape index (κ3) is 2.32.